The number of carbonyl (C=O) groups excluding carboxylic acids is 2. The summed E-state index contributed by atoms with van der Waals surface area (Å²) in [6, 6.07) is 12.5. The molecule has 1 aliphatic heterocycles. The number of nitrogens with zero attached hydrogens (tertiary/aromatic N) is 4. The maximum Gasteiger partial charge on any atom is 0.254 e. The molecule has 10 heteroatoms. The number of likely N-dealkylation sites (tertiary alicyclic amines) is 1. The zero-order valence-corrected chi connectivity index (χ0v) is 21.5. The van der Waals surface area contributed by atoms with Crippen LogP contribution >= 0.6 is 23.4 Å². The molecule has 4 rings (SSSR count). The van der Waals surface area contributed by atoms with E-state index >= 15 is 0 Å². The lowest BCUT2D eigenvalue weighted by Crippen LogP contribution is -2.32. The van der Waals surface area contributed by atoms with Crippen LogP contribution in [0.4, 0.5) is 5.69 Å². The van der Waals surface area contributed by atoms with E-state index in [1.165, 1.54) is 18.9 Å². The van der Waals surface area contributed by atoms with Gasteiger partial charge in [0.15, 0.2) is 11.0 Å². The molecule has 1 atom stereocenters. The predicted molar refractivity (Wildman–Crippen MR) is 137 cm³/mol. The third-order valence-corrected chi connectivity index (χ3v) is 7.22. The highest BCUT2D eigenvalue weighted by molar-refractivity contribution is 7.99. The van der Waals surface area contributed by atoms with E-state index in [2.05, 4.69) is 15.5 Å². The van der Waals surface area contributed by atoms with Gasteiger partial charge in [0.2, 0.25) is 5.91 Å². The number of thioether (sulfide) groups is 1. The summed E-state index contributed by atoms with van der Waals surface area (Å²) in [4.78, 5) is 27.8. The molecule has 3 aromatic rings. The first-order valence-corrected chi connectivity index (χ1v) is 12.8. The summed E-state index contributed by atoms with van der Waals surface area (Å²) in [7, 11) is 1.54. The summed E-state index contributed by atoms with van der Waals surface area (Å²) in [5, 5.41) is 12.8. The monoisotopic (exact) mass is 513 g/mol. The Balaban J connectivity index is 1.47. The second-order valence-electron chi connectivity index (χ2n) is 8.24. The van der Waals surface area contributed by atoms with Crippen molar-refractivity contribution in [3.8, 4) is 5.75 Å². The van der Waals surface area contributed by atoms with Crippen LogP contribution in [0, 0.1) is 6.92 Å². The summed E-state index contributed by atoms with van der Waals surface area (Å²) >= 11 is 7.36. The van der Waals surface area contributed by atoms with Crippen LogP contribution in [0.15, 0.2) is 47.6 Å². The summed E-state index contributed by atoms with van der Waals surface area (Å²) in [6.07, 6.45) is 1.74. The van der Waals surface area contributed by atoms with E-state index in [0.29, 0.717) is 40.3 Å². The van der Waals surface area contributed by atoms with E-state index in [4.69, 9.17) is 16.3 Å². The number of methoxy groups -OCH3 is 1. The molecule has 1 N–H and O–H groups in total. The van der Waals surface area contributed by atoms with Gasteiger partial charge in [-0.2, -0.15) is 0 Å². The molecule has 1 fully saturated rings. The number of amides is 2. The molecule has 35 heavy (non-hydrogen) atoms. The number of hydrogen-bond donors (Lipinski definition) is 1. The molecule has 8 nitrogen and oxygen atoms in total. The van der Waals surface area contributed by atoms with Gasteiger partial charge in [-0.25, -0.2) is 0 Å². The van der Waals surface area contributed by atoms with Gasteiger partial charge in [-0.1, -0.05) is 41.6 Å². The Morgan fingerprint density at radius 3 is 2.77 bits per heavy atom. The van der Waals surface area contributed by atoms with Crippen molar-refractivity contribution >= 4 is 40.9 Å². The van der Waals surface area contributed by atoms with E-state index in [0.717, 1.165) is 24.2 Å². The Morgan fingerprint density at radius 1 is 1.23 bits per heavy atom. The van der Waals surface area contributed by atoms with Gasteiger partial charge in [-0.05, 0) is 56.5 Å². The summed E-state index contributed by atoms with van der Waals surface area (Å²) in [6.45, 7) is 5.28. The van der Waals surface area contributed by atoms with E-state index in [1.54, 1.807) is 18.2 Å². The molecule has 1 unspecified atom stereocenters. The van der Waals surface area contributed by atoms with Crippen molar-refractivity contribution < 1.29 is 14.3 Å². The molecular weight excluding hydrogens is 486 g/mol. The number of hydrogen-bond acceptors (Lipinski definition) is 6. The lowest BCUT2D eigenvalue weighted by molar-refractivity contribution is -0.113. The largest absolute Gasteiger partial charge is 0.495 e. The van der Waals surface area contributed by atoms with Crippen LogP contribution in [0.5, 0.6) is 5.75 Å². The number of rotatable bonds is 8. The molecule has 0 bridgehead atoms. The normalized spacial score (nSPS) is 15.3. The van der Waals surface area contributed by atoms with Crippen LogP contribution in [0.25, 0.3) is 0 Å². The minimum absolute atomic E-state index is 0.0142. The van der Waals surface area contributed by atoms with Gasteiger partial charge in [0, 0.05) is 23.7 Å². The number of aromatic nitrogens is 3. The number of nitrogens with one attached hydrogen (secondary N) is 1. The maximum atomic E-state index is 13.3. The van der Waals surface area contributed by atoms with Gasteiger partial charge >= 0.3 is 0 Å². The molecule has 2 heterocycles. The van der Waals surface area contributed by atoms with Crippen molar-refractivity contribution in [1.82, 2.24) is 19.7 Å². The molecule has 1 saturated heterocycles. The molecule has 0 aliphatic carbocycles. The van der Waals surface area contributed by atoms with Crippen LogP contribution < -0.4 is 10.1 Å². The Morgan fingerprint density at radius 2 is 2.03 bits per heavy atom. The number of ether oxygens (including phenoxy) is 1. The van der Waals surface area contributed by atoms with E-state index in [1.807, 2.05) is 47.6 Å². The average Bonchev–Trinajstić information content (AvgIpc) is 3.49. The first-order chi connectivity index (χ1) is 16.9. The summed E-state index contributed by atoms with van der Waals surface area (Å²) in [5.41, 5.74) is 2.18. The lowest BCUT2D eigenvalue weighted by atomic mass is 10.1. The molecular formula is C25H28ClN5O3S. The average molecular weight is 514 g/mol. The number of anilines is 1. The van der Waals surface area contributed by atoms with Gasteiger partial charge in [0.1, 0.15) is 5.75 Å². The minimum Gasteiger partial charge on any atom is -0.495 e. The number of benzene rings is 2. The number of aryl methyl sites for hydroxylation is 1. The predicted octanol–water partition coefficient (Wildman–Crippen LogP) is 4.98. The van der Waals surface area contributed by atoms with Gasteiger partial charge in [-0.3, -0.25) is 9.59 Å². The van der Waals surface area contributed by atoms with Crippen molar-refractivity contribution in [2.24, 2.45) is 0 Å². The van der Waals surface area contributed by atoms with Crippen molar-refractivity contribution in [3.63, 3.8) is 0 Å². The maximum absolute atomic E-state index is 13.3. The van der Waals surface area contributed by atoms with Crippen molar-refractivity contribution in [2.75, 3.05) is 24.7 Å². The van der Waals surface area contributed by atoms with Crippen LogP contribution in [0.2, 0.25) is 5.02 Å². The number of halogens is 1. The first-order valence-electron chi connectivity index (χ1n) is 11.5. The minimum atomic E-state index is -0.208. The highest BCUT2D eigenvalue weighted by atomic mass is 35.5. The van der Waals surface area contributed by atoms with Gasteiger partial charge in [0.05, 0.1) is 24.6 Å². The van der Waals surface area contributed by atoms with Crippen LogP contribution in [0.3, 0.4) is 0 Å². The second-order valence-corrected chi connectivity index (χ2v) is 9.62. The smallest absolute Gasteiger partial charge is 0.254 e. The van der Waals surface area contributed by atoms with Crippen molar-refractivity contribution in [2.45, 2.75) is 44.4 Å². The SMILES string of the molecule is CCn1c(SCC(=O)Nc2cc(Cl)ccc2OC)nnc1C1CCCN1C(=O)c1ccccc1C. The van der Waals surface area contributed by atoms with Gasteiger partial charge < -0.3 is 19.5 Å². The van der Waals surface area contributed by atoms with Crippen LogP contribution in [-0.2, 0) is 11.3 Å². The third kappa shape index (κ3) is 5.46. The Kier molecular flexibility index (Phi) is 7.97. The van der Waals surface area contributed by atoms with E-state index in [-0.39, 0.29) is 23.6 Å². The topological polar surface area (TPSA) is 89.3 Å². The van der Waals surface area contributed by atoms with Crippen molar-refractivity contribution in [3.05, 3.63) is 64.4 Å². The molecule has 2 aromatic carbocycles. The Bertz CT molecular complexity index is 1230. The molecule has 0 radical (unpaired) electrons. The standard InChI is InChI=1S/C25H28ClN5O3S/c1-4-30-23(20-10-7-13-31(20)24(33)18-9-6-5-8-16(18)2)28-29-25(30)35-15-22(32)27-19-14-17(26)11-12-21(19)34-3/h5-6,8-9,11-12,14,20H,4,7,10,13,15H2,1-3H3,(H,27,32). The highest BCUT2D eigenvalue weighted by Gasteiger charge is 2.35. The summed E-state index contributed by atoms with van der Waals surface area (Å²) in [5.74, 6) is 1.24. The second kappa shape index (κ2) is 11.1. The van der Waals surface area contributed by atoms with E-state index < -0.39 is 0 Å². The molecule has 1 aliphatic rings. The zero-order valence-electron chi connectivity index (χ0n) is 20.0. The quantitative estimate of drug-likeness (QED) is 0.427. The summed E-state index contributed by atoms with van der Waals surface area (Å²) < 4.78 is 7.28. The third-order valence-electron chi connectivity index (χ3n) is 6.02. The Labute approximate surface area is 214 Å². The van der Waals surface area contributed by atoms with Crippen LogP contribution in [0.1, 0.15) is 47.6 Å². The fraction of sp³-hybridized carbons (Fsp3) is 0.360. The van der Waals surface area contributed by atoms with Gasteiger partial charge in [0.25, 0.3) is 5.91 Å². The molecule has 1 aromatic heterocycles. The Hall–Kier alpha value is -3.04. The zero-order chi connectivity index (χ0) is 24.9. The molecule has 0 spiro atoms. The fourth-order valence-corrected chi connectivity index (χ4v) is 5.27. The lowest BCUT2D eigenvalue weighted by Gasteiger charge is -2.25. The van der Waals surface area contributed by atoms with Crippen molar-refractivity contribution in [1.29, 1.82) is 0 Å². The molecule has 184 valence electrons. The molecule has 0 saturated carbocycles. The first kappa shape index (κ1) is 25.1. The fourth-order valence-electron chi connectivity index (χ4n) is 4.29. The number of carbonyl (C=O) groups is 2. The van der Waals surface area contributed by atoms with E-state index in [9.17, 15) is 9.59 Å². The van der Waals surface area contributed by atoms with Gasteiger partial charge in [-0.15, -0.1) is 10.2 Å². The highest BCUT2D eigenvalue weighted by Crippen LogP contribution is 2.34. The molecule has 2 amide bonds. The van der Waals surface area contributed by atoms with Crippen LogP contribution in [-0.4, -0.2) is 50.9 Å².